The summed E-state index contributed by atoms with van der Waals surface area (Å²) in [7, 11) is 0. The highest BCUT2D eigenvalue weighted by Crippen LogP contribution is 2.36. The fraction of sp³-hybridized carbons (Fsp3) is 0.143. The predicted molar refractivity (Wildman–Crippen MR) is 140 cm³/mol. The lowest BCUT2D eigenvalue weighted by molar-refractivity contribution is 0.0968. The van der Waals surface area contributed by atoms with Crippen molar-refractivity contribution < 1.29 is 13.6 Å². The first-order valence-electron chi connectivity index (χ1n) is 11.4. The van der Waals surface area contributed by atoms with E-state index in [9.17, 15) is 9.59 Å². The average molecular weight is 520 g/mol. The molecule has 6 nitrogen and oxygen atoms in total. The molecule has 1 aliphatic rings. The number of nitrogens with zero attached hydrogens (tertiary/aromatic N) is 1. The number of hydrogen-bond donors (Lipinski definition) is 0. The third-order valence-electron chi connectivity index (χ3n) is 6.40. The third-order valence-corrected chi connectivity index (χ3v) is 6.99. The standard InChI is InChI=1S/C28H19Cl2NO5/c29-18-6-5-16(23(30)12-18)9-10-31-14-22-25(34-15-31)8-7-19-20(13-26(32)36-27(19)22)21-11-17-3-1-2-4-24(17)35-28(21)33/h1-8,11-13H,9-10,14-15H2. The number of rotatable bonds is 4. The van der Waals surface area contributed by atoms with Gasteiger partial charge in [-0.25, -0.2) is 9.59 Å². The Hall–Kier alpha value is -3.58. The number of hydrogen-bond acceptors (Lipinski definition) is 6. The molecule has 3 aromatic carbocycles. The van der Waals surface area contributed by atoms with Crippen LogP contribution >= 0.6 is 23.2 Å². The molecule has 0 amide bonds. The molecule has 8 heteroatoms. The fourth-order valence-electron chi connectivity index (χ4n) is 4.60. The summed E-state index contributed by atoms with van der Waals surface area (Å²) >= 11 is 12.3. The summed E-state index contributed by atoms with van der Waals surface area (Å²) in [5, 5.41) is 2.62. The zero-order valence-electron chi connectivity index (χ0n) is 18.9. The van der Waals surface area contributed by atoms with Gasteiger partial charge in [0.1, 0.15) is 23.6 Å². The highest BCUT2D eigenvalue weighted by atomic mass is 35.5. The van der Waals surface area contributed by atoms with Crippen LogP contribution in [0.3, 0.4) is 0 Å². The number of halogens is 2. The van der Waals surface area contributed by atoms with Crippen LogP contribution in [0.4, 0.5) is 0 Å². The molecule has 1 aliphatic heterocycles. The molecule has 0 saturated carbocycles. The lowest BCUT2D eigenvalue weighted by Crippen LogP contribution is -2.33. The van der Waals surface area contributed by atoms with E-state index in [4.69, 9.17) is 36.8 Å². The Bertz CT molecular complexity index is 1760. The van der Waals surface area contributed by atoms with Gasteiger partial charge in [0.15, 0.2) is 0 Å². The van der Waals surface area contributed by atoms with E-state index in [1.807, 2.05) is 36.4 Å². The molecule has 0 bridgehead atoms. The van der Waals surface area contributed by atoms with Crippen LogP contribution in [0, 0.1) is 0 Å². The van der Waals surface area contributed by atoms with Gasteiger partial charge < -0.3 is 13.6 Å². The molecule has 0 saturated heterocycles. The van der Waals surface area contributed by atoms with Gasteiger partial charge in [0.2, 0.25) is 0 Å². The summed E-state index contributed by atoms with van der Waals surface area (Å²) in [5.41, 5.74) is 2.33. The Morgan fingerprint density at radius 3 is 2.61 bits per heavy atom. The number of ether oxygens (including phenoxy) is 1. The molecule has 0 N–H and O–H groups in total. The molecule has 2 aromatic heterocycles. The van der Waals surface area contributed by atoms with Gasteiger partial charge in [-0.05, 0) is 48.4 Å². The lowest BCUT2D eigenvalue weighted by atomic mass is 9.99. The van der Waals surface area contributed by atoms with Crippen LogP contribution in [0.15, 0.2) is 85.2 Å². The second-order valence-electron chi connectivity index (χ2n) is 8.70. The van der Waals surface area contributed by atoms with Crippen molar-refractivity contribution in [2.24, 2.45) is 0 Å². The first-order chi connectivity index (χ1) is 17.5. The van der Waals surface area contributed by atoms with Gasteiger partial charge in [-0.15, -0.1) is 0 Å². The van der Waals surface area contributed by atoms with Crippen molar-refractivity contribution in [3.8, 4) is 16.9 Å². The predicted octanol–water partition coefficient (Wildman–Crippen LogP) is 6.27. The van der Waals surface area contributed by atoms with Crippen molar-refractivity contribution in [1.82, 2.24) is 4.90 Å². The Balaban J connectivity index is 1.39. The van der Waals surface area contributed by atoms with Crippen molar-refractivity contribution in [3.05, 3.63) is 109 Å². The molecule has 0 fully saturated rings. The Labute approximate surface area is 215 Å². The number of para-hydroxylation sites is 1. The van der Waals surface area contributed by atoms with Crippen LogP contribution in [0.5, 0.6) is 5.75 Å². The average Bonchev–Trinajstić information content (AvgIpc) is 2.87. The maximum atomic E-state index is 12.8. The maximum absolute atomic E-state index is 12.8. The van der Waals surface area contributed by atoms with E-state index in [1.165, 1.54) is 6.07 Å². The lowest BCUT2D eigenvalue weighted by Gasteiger charge is -2.29. The van der Waals surface area contributed by atoms with Crippen molar-refractivity contribution in [2.45, 2.75) is 13.0 Å². The Kier molecular flexibility index (Phi) is 5.80. The quantitative estimate of drug-likeness (QED) is 0.260. The van der Waals surface area contributed by atoms with E-state index in [-0.39, 0.29) is 0 Å². The second kappa shape index (κ2) is 9.13. The molecular weight excluding hydrogens is 501 g/mol. The number of benzene rings is 3. The summed E-state index contributed by atoms with van der Waals surface area (Å²) in [5.74, 6) is 0.647. The van der Waals surface area contributed by atoms with Crippen LogP contribution in [-0.2, 0) is 13.0 Å². The van der Waals surface area contributed by atoms with E-state index < -0.39 is 11.3 Å². The van der Waals surface area contributed by atoms with Gasteiger partial charge in [-0.2, -0.15) is 0 Å². The van der Waals surface area contributed by atoms with Gasteiger partial charge in [-0.3, -0.25) is 4.90 Å². The van der Waals surface area contributed by atoms with Crippen molar-refractivity contribution in [1.29, 1.82) is 0 Å². The van der Waals surface area contributed by atoms with Crippen molar-refractivity contribution in [3.63, 3.8) is 0 Å². The largest absolute Gasteiger partial charge is 0.478 e. The smallest absolute Gasteiger partial charge is 0.344 e. The first kappa shape index (κ1) is 22.9. The SMILES string of the molecule is O=c1cc(-c2cc3ccccc3oc2=O)c2ccc3c(c2o1)CN(CCc1ccc(Cl)cc1Cl)CO3. The summed E-state index contributed by atoms with van der Waals surface area (Å²) < 4.78 is 17.2. The van der Waals surface area contributed by atoms with Crippen molar-refractivity contribution in [2.75, 3.05) is 13.3 Å². The minimum Gasteiger partial charge on any atom is -0.478 e. The van der Waals surface area contributed by atoms with E-state index >= 15 is 0 Å². The maximum Gasteiger partial charge on any atom is 0.344 e. The molecule has 0 radical (unpaired) electrons. The minimum absolute atomic E-state index is 0.303. The Morgan fingerprint density at radius 2 is 1.75 bits per heavy atom. The monoisotopic (exact) mass is 519 g/mol. The zero-order valence-corrected chi connectivity index (χ0v) is 20.4. The zero-order chi connectivity index (χ0) is 24.8. The normalized spacial score (nSPS) is 13.6. The second-order valence-corrected chi connectivity index (χ2v) is 9.54. The summed E-state index contributed by atoms with van der Waals surface area (Å²) in [6.45, 7) is 1.58. The molecule has 5 aromatic rings. The van der Waals surface area contributed by atoms with E-state index in [2.05, 4.69) is 4.90 Å². The van der Waals surface area contributed by atoms with Crippen LogP contribution in [-0.4, -0.2) is 18.2 Å². The van der Waals surface area contributed by atoms with Gasteiger partial charge >= 0.3 is 11.3 Å². The summed E-state index contributed by atoms with van der Waals surface area (Å²) in [4.78, 5) is 27.6. The first-order valence-corrected chi connectivity index (χ1v) is 12.1. The highest BCUT2D eigenvalue weighted by Gasteiger charge is 2.24. The van der Waals surface area contributed by atoms with Gasteiger partial charge in [0.25, 0.3) is 0 Å². The van der Waals surface area contributed by atoms with Crippen LogP contribution in [0.1, 0.15) is 11.1 Å². The molecule has 180 valence electrons. The van der Waals surface area contributed by atoms with Crippen LogP contribution in [0.25, 0.3) is 33.1 Å². The molecule has 36 heavy (non-hydrogen) atoms. The fourth-order valence-corrected chi connectivity index (χ4v) is 5.10. The van der Waals surface area contributed by atoms with Gasteiger partial charge in [-0.1, -0.05) is 47.5 Å². The summed E-state index contributed by atoms with van der Waals surface area (Å²) in [6.07, 6.45) is 0.701. The molecule has 3 heterocycles. The van der Waals surface area contributed by atoms with Crippen LogP contribution in [0.2, 0.25) is 10.0 Å². The van der Waals surface area contributed by atoms with E-state index in [0.29, 0.717) is 69.7 Å². The molecular formula is C28H19Cl2NO5. The van der Waals surface area contributed by atoms with Crippen LogP contribution < -0.4 is 16.0 Å². The number of fused-ring (bicyclic) bond motifs is 4. The van der Waals surface area contributed by atoms with E-state index in [1.54, 1.807) is 24.3 Å². The highest BCUT2D eigenvalue weighted by molar-refractivity contribution is 6.35. The topological polar surface area (TPSA) is 72.9 Å². The van der Waals surface area contributed by atoms with Crippen molar-refractivity contribution >= 4 is 45.1 Å². The molecule has 0 aliphatic carbocycles. The van der Waals surface area contributed by atoms with Gasteiger partial charge in [0, 0.05) is 45.5 Å². The molecule has 0 atom stereocenters. The van der Waals surface area contributed by atoms with E-state index in [0.717, 1.165) is 16.5 Å². The van der Waals surface area contributed by atoms with Gasteiger partial charge in [0.05, 0.1) is 11.1 Å². The minimum atomic E-state index is -0.552. The third kappa shape index (κ3) is 4.17. The molecule has 6 rings (SSSR count). The molecule has 0 spiro atoms. The molecule has 0 unspecified atom stereocenters. The Morgan fingerprint density at radius 1 is 0.889 bits per heavy atom. The summed E-state index contributed by atoms with van der Waals surface area (Å²) in [6, 6.07) is 19.5.